The maximum atomic E-state index is 12.0. The SMILES string of the molecule is N[C@@H]1CCC[C@H]1CC(=O)NCc1ccc(N2CCCC2)nc1. The van der Waals surface area contributed by atoms with Gasteiger partial charge in [-0.2, -0.15) is 0 Å². The number of carbonyl (C=O) groups excluding carboxylic acids is 1. The Kier molecular flexibility index (Phi) is 4.93. The third kappa shape index (κ3) is 3.77. The second-order valence-electron chi connectivity index (χ2n) is 6.55. The van der Waals surface area contributed by atoms with Crippen molar-refractivity contribution >= 4 is 11.7 Å². The van der Waals surface area contributed by atoms with E-state index < -0.39 is 0 Å². The summed E-state index contributed by atoms with van der Waals surface area (Å²) in [5.41, 5.74) is 7.06. The lowest BCUT2D eigenvalue weighted by atomic mass is 10.00. The number of hydrogen-bond acceptors (Lipinski definition) is 4. The zero-order chi connectivity index (χ0) is 15.4. The van der Waals surface area contributed by atoms with E-state index in [1.807, 2.05) is 6.20 Å². The number of nitrogens with zero attached hydrogens (tertiary/aromatic N) is 2. The Labute approximate surface area is 132 Å². The summed E-state index contributed by atoms with van der Waals surface area (Å²) in [6.45, 7) is 2.75. The number of nitrogens with two attached hydrogens (primary N) is 1. The molecule has 2 aliphatic rings. The Bertz CT molecular complexity index is 496. The predicted octanol–water partition coefficient (Wildman–Crippen LogP) is 1.82. The van der Waals surface area contributed by atoms with Crippen LogP contribution >= 0.6 is 0 Å². The number of nitrogens with one attached hydrogen (secondary N) is 1. The van der Waals surface area contributed by atoms with Crippen molar-refractivity contribution in [3.63, 3.8) is 0 Å². The molecular formula is C17H26N4O. The van der Waals surface area contributed by atoms with Crippen molar-refractivity contribution in [1.82, 2.24) is 10.3 Å². The topological polar surface area (TPSA) is 71.2 Å². The molecule has 2 atom stereocenters. The highest BCUT2D eigenvalue weighted by Crippen LogP contribution is 2.26. The van der Waals surface area contributed by atoms with Gasteiger partial charge in [0.2, 0.25) is 5.91 Å². The zero-order valence-corrected chi connectivity index (χ0v) is 13.1. The Hall–Kier alpha value is -1.62. The van der Waals surface area contributed by atoms with Gasteiger partial charge in [0.25, 0.3) is 0 Å². The summed E-state index contributed by atoms with van der Waals surface area (Å²) in [6.07, 6.45) is 8.22. The van der Waals surface area contributed by atoms with E-state index in [0.29, 0.717) is 18.9 Å². The molecular weight excluding hydrogens is 276 g/mol. The van der Waals surface area contributed by atoms with Crippen molar-refractivity contribution in [2.45, 2.75) is 51.1 Å². The van der Waals surface area contributed by atoms with Crippen LogP contribution in [-0.2, 0) is 11.3 Å². The van der Waals surface area contributed by atoms with Crippen LogP contribution in [0.15, 0.2) is 18.3 Å². The van der Waals surface area contributed by atoms with E-state index in [4.69, 9.17) is 5.73 Å². The summed E-state index contributed by atoms with van der Waals surface area (Å²) in [7, 11) is 0. The molecule has 5 heteroatoms. The lowest BCUT2D eigenvalue weighted by Gasteiger charge is -2.17. The molecule has 3 N–H and O–H groups in total. The van der Waals surface area contributed by atoms with Gasteiger partial charge in [-0.05, 0) is 43.2 Å². The fourth-order valence-corrected chi connectivity index (χ4v) is 3.48. The number of carbonyl (C=O) groups is 1. The van der Waals surface area contributed by atoms with Crippen molar-refractivity contribution < 1.29 is 4.79 Å². The van der Waals surface area contributed by atoms with Crippen LogP contribution in [0.4, 0.5) is 5.82 Å². The molecule has 1 aliphatic carbocycles. The first-order valence-electron chi connectivity index (χ1n) is 8.44. The Morgan fingerprint density at radius 2 is 2.09 bits per heavy atom. The van der Waals surface area contributed by atoms with E-state index in [-0.39, 0.29) is 11.9 Å². The molecule has 0 aromatic carbocycles. The third-order valence-electron chi connectivity index (χ3n) is 4.89. The van der Waals surface area contributed by atoms with Gasteiger partial charge < -0.3 is 16.0 Å². The van der Waals surface area contributed by atoms with Gasteiger partial charge in [-0.25, -0.2) is 4.98 Å². The Morgan fingerprint density at radius 3 is 2.73 bits per heavy atom. The molecule has 0 bridgehead atoms. The molecule has 1 aliphatic heterocycles. The monoisotopic (exact) mass is 302 g/mol. The summed E-state index contributed by atoms with van der Waals surface area (Å²) >= 11 is 0. The fraction of sp³-hybridized carbons (Fsp3) is 0.647. The summed E-state index contributed by atoms with van der Waals surface area (Å²) in [6, 6.07) is 4.31. The van der Waals surface area contributed by atoms with Gasteiger partial charge in [0, 0.05) is 38.3 Å². The lowest BCUT2D eigenvalue weighted by molar-refractivity contribution is -0.122. The molecule has 3 rings (SSSR count). The number of amides is 1. The van der Waals surface area contributed by atoms with Crippen LogP contribution < -0.4 is 16.0 Å². The maximum Gasteiger partial charge on any atom is 0.220 e. The van der Waals surface area contributed by atoms with Gasteiger partial charge in [0.05, 0.1) is 0 Å². The van der Waals surface area contributed by atoms with Gasteiger partial charge in [0.15, 0.2) is 0 Å². The molecule has 5 nitrogen and oxygen atoms in total. The molecule has 1 saturated carbocycles. The van der Waals surface area contributed by atoms with E-state index in [2.05, 4.69) is 27.3 Å². The van der Waals surface area contributed by atoms with Crippen LogP contribution in [0.3, 0.4) is 0 Å². The van der Waals surface area contributed by atoms with Gasteiger partial charge in [0.1, 0.15) is 5.82 Å². The average Bonchev–Trinajstić information content (AvgIpc) is 3.18. The second-order valence-corrected chi connectivity index (χ2v) is 6.55. The molecule has 22 heavy (non-hydrogen) atoms. The number of aromatic nitrogens is 1. The van der Waals surface area contributed by atoms with Crippen molar-refractivity contribution in [2.75, 3.05) is 18.0 Å². The van der Waals surface area contributed by atoms with Gasteiger partial charge in [-0.3, -0.25) is 4.79 Å². The van der Waals surface area contributed by atoms with Crippen LogP contribution in [0.25, 0.3) is 0 Å². The first kappa shape index (κ1) is 15.3. The highest BCUT2D eigenvalue weighted by atomic mass is 16.1. The molecule has 0 spiro atoms. The van der Waals surface area contributed by atoms with Crippen LogP contribution in [-0.4, -0.2) is 30.0 Å². The first-order chi connectivity index (χ1) is 10.7. The summed E-state index contributed by atoms with van der Waals surface area (Å²) in [4.78, 5) is 18.8. The zero-order valence-electron chi connectivity index (χ0n) is 13.1. The number of anilines is 1. The minimum atomic E-state index is 0.103. The van der Waals surface area contributed by atoms with E-state index in [0.717, 1.165) is 43.7 Å². The quantitative estimate of drug-likeness (QED) is 0.870. The predicted molar refractivity (Wildman–Crippen MR) is 87.5 cm³/mol. The number of pyridine rings is 1. The van der Waals surface area contributed by atoms with Crippen LogP contribution in [0.5, 0.6) is 0 Å². The molecule has 1 aromatic rings. The molecule has 1 saturated heterocycles. The van der Waals surface area contributed by atoms with Gasteiger partial charge >= 0.3 is 0 Å². The smallest absolute Gasteiger partial charge is 0.220 e. The maximum absolute atomic E-state index is 12.0. The molecule has 1 amide bonds. The molecule has 0 unspecified atom stereocenters. The summed E-state index contributed by atoms with van der Waals surface area (Å²) in [5.74, 6) is 1.51. The molecule has 120 valence electrons. The van der Waals surface area contributed by atoms with Crippen molar-refractivity contribution in [1.29, 1.82) is 0 Å². The molecule has 0 radical (unpaired) electrons. The minimum Gasteiger partial charge on any atom is -0.357 e. The highest BCUT2D eigenvalue weighted by Gasteiger charge is 2.25. The lowest BCUT2D eigenvalue weighted by Crippen LogP contribution is -2.31. The minimum absolute atomic E-state index is 0.103. The normalized spacial score (nSPS) is 24.7. The van der Waals surface area contributed by atoms with E-state index in [9.17, 15) is 4.79 Å². The number of hydrogen-bond donors (Lipinski definition) is 2. The Morgan fingerprint density at radius 1 is 1.27 bits per heavy atom. The summed E-state index contributed by atoms with van der Waals surface area (Å²) in [5, 5.41) is 2.99. The molecule has 2 heterocycles. The van der Waals surface area contributed by atoms with Crippen LogP contribution in [0.1, 0.15) is 44.1 Å². The van der Waals surface area contributed by atoms with Crippen molar-refractivity contribution in [3.05, 3.63) is 23.9 Å². The largest absolute Gasteiger partial charge is 0.357 e. The van der Waals surface area contributed by atoms with Crippen molar-refractivity contribution in [2.24, 2.45) is 11.7 Å². The van der Waals surface area contributed by atoms with Gasteiger partial charge in [-0.15, -0.1) is 0 Å². The highest BCUT2D eigenvalue weighted by molar-refractivity contribution is 5.76. The third-order valence-corrected chi connectivity index (χ3v) is 4.89. The average molecular weight is 302 g/mol. The summed E-state index contributed by atoms with van der Waals surface area (Å²) < 4.78 is 0. The van der Waals surface area contributed by atoms with Crippen LogP contribution in [0.2, 0.25) is 0 Å². The Balaban J connectivity index is 1.45. The first-order valence-corrected chi connectivity index (χ1v) is 8.44. The van der Waals surface area contributed by atoms with Gasteiger partial charge in [-0.1, -0.05) is 12.5 Å². The van der Waals surface area contributed by atoms with E-state index in [1.165, 1.54) is 12.8 Å². The standard InChI is InChI=1S/C17H26N4O/c18-15-5-3-4-14(15)10-17(22)20-12-13-6-7-16(19-11-13)21-8-1-2-9-21/h6-7,11,14-15H,1-5,8-10,12,18H2,(H,20,22)/t14-,15+/m0/s1. The van der Waals surface area contributed by atoms with Crippen molar-refractivity contribution in [3.8, 4) is 0 Å². The molecule has 2 fully saturated rings. The van der Waals surface area contributed by atoms with E-state index in [1.54, 1.807) is 0 Å². The van der Waals surface area contributed by atoms with E-state index >= 15 is 0 Å². The second kappa shape index (κ2) is 7.09. The number of rotatable bonds is 5. The molecule has 1 aromatic heterocycles. The fourth-order valence-electron chi connectivity index (χ4n) is 3.48. The van der Waals surface area contributed by atoms with Crippen LogP contribution in [0, 0.1) is 5.92 Å².